The van der Waals surface area contributed by atoms with Crippen molar-refractivity contribution in [3.63, 3.8) is 0 Å². The summed E-state index contributed by atoms with van der Waals surface area (Å²) in [5.74, 6) is 1.89. The van der Waals surface area contributed by atoms with Gasteiger partial charge < -0.3 is 10.2 Å². The molecular formula is C16H21NO. The molecule has 0 saturated carbocycles. The molecule has 2 aromatic rings. The molecule has 18 heavy (non-hydrogen) atoms. The molecule has 2 rings (SSSR count). The second-order valence-corrected chi connectivity index (χ2v) is 5.15. The highest BCUT2D eigenvalue weighted by atomic mass is 16.3. The molecule has 0 spiro atoms. The van der Waals surface area contributed by atoms with Crippen LogP contribution in [-0.2, 0) is 0 Å². The zero-order valence-electron chi connectivity index (χ0n) is 11.8. The quantitative estimate of drug-likeness (QED) is 0.869. The first kappa shape index (κ1) is 12.9. The standard InChI is InChI=1S/C16H21NO/c1-9-6-10(2)8-14(7-9)16(17)15-11(3)12(4)18-13(15)5/h6-8,16H,17H2,1-5H3. The molecule has 0 amide bonds. The minimum absolute atomic E-state index is 0.110. The summed E-state index contributed by atoms with van der Waals surface area (Å²) in [5, 5.41) is 0. The van der Waals surface area contributed by atoms with Crippen molar-refractivity contribution in [1.29, 1.82) is 0 Å². The first-order chi connectivity index (χ1) is 8.40. The summed E-state index contributed by atoms with van der Waals surface area (Å²) in [6.07, 6.45) is 0. The van der Waals surface area contributed by atoms with Gasteiger partial charge in [-0.05, 0) is 45.7 Å². The van der Waals surface area contributed by atoms with Crippen molar-refractivity contribution >= 4 is 0 Å². The Bertz CT molecular complexity index is 561. The predicted octanol–water partition coefficient (Wildman–Crippen LogP) is 3.87. The zero-order valence-corrected chi connectivity index (χ0v) is 11.8. The largest absolute Gasteiger partial charge is 0.466 e. The van der Waals surface area contributed by atoms with E-state index in [0.29, 0.717) is 0 Å². The third kappa shape index (κ3) is 2.21. The lowest BCUT2D eigenvalue weighted by molar-refractivity contribution is 0.498. The maximum atomic E-state index is 6.41. The van der Waals surface area contributed by atoms with Crippen LogP contribution in [0, 0.1) is 34.6 Å². The molecule has 1 atom stereocenters. The van der Waals surface area contributed by atoms with Crippen molar-refractivity contribution in [2.75, 3.05) is 0 Å². The monoisotopic (exact) mass is 243 g/mol. The zero-order chi connectivity index (χ0) is 13.4. The van der Waals surface area contributed by atoms with Gasteiger partial charge in [0.05, 0.1) is 6.04 Å². The highest BCUT2D eigenvalue weighted by molar-refractivity contribution is 5.42. The first-order valence-electron chi connectivity index (χ1n) is 6.30. The van der Waals surface area contributed by atoms with Crippen LogP contribution in [0.2, 0.25) is 0 Å². The predicted molar refractivity (Wildman–Crippen MR) is 74.9 cm³/mol. The summed E-state index contributed by atoms with van der Waals surface area (Å²) >= 11 is 0. The third-order valence-electron chi connectivity index (χ3n) is 3.53. The van der Waals surface area contributed by atoms with E-state index >= 15 is 0 Å². The van der Waals surface area contributed by atoms with Crippen molar-refractivity contribution in [2.45, 2.75) is 40.7 Å². The number of furan rings is 1. The number of benzene rings is 1. The summed E-state index contributed by atoms with van der Waals surface area (Å²) in [4.78, 5) is 0. The van der Waals surface area contributed by atoms with Gasteiger partial charge in [0.25, 0.3) is 0 Å². The Hall–Kier alpha value is -1.54. The molecule has 0 aliphatic heterocycles. The number of hydrogen-bond acceptors (Lipinski definition) is 2. The first-order valence-corrected chi connectivity index (χ1v) is 6.30. The number of aryl methyl sites for hydroxylation is 4. The molecule has 1 unspecified atom stereocenters. The minimum Gasteiger partial charge on any atom is -0.466 e. The lowest BCUT2D eigenvalue weighted by Gasteiger charge is -2.14. The number of nitrogens with two attached hydrogens (primary N) is 1. The Balaban J connectivity index is 2.50. The van der Waals surface area contributed by atoms with E-state index in [2.05, 4.69) is 39.0 Å². The van der Waals surface area contributed by atoms with E-state index in [9.17, 15) is 0 Å². The summed E-state index contributed by atoms with van der Waals surface area (Å²) in [7, 11) is 0. The smallest absolute Gasteiger partial charge is 0.106 e. The molecule has 96 valence electrons. The summed E-state index contributed by atoms with van der Waals surface area (Å²) in [6, 6.07) is 6.36. The molecule has 0 fully saturated rings. The van der Waals surface area contributed by atoms with E-state index in [0.717, 1.165) is 22.6 Å². The molecule has 0 bridgehead atoms. The van der Waals surface area contributed by atoms with Crippen LogP contribution in [0.25, 0.3) is 0 Å². The van der Waals surface area contributed by atoms with Gasteiger partial charge in [-0.25, -0.2) is 0 Å². The third-order valence-corrected chi connectivity index (χ3v) is 3.53. The Morgan fingerprint density at radius 1 is 0.889 bits per heavy atom. The average Bonchev–Trinajstić information content (AvgIpc) is 2.51. The second kappa shape index (κ2) is 4.62. The number of hydrogen-bond donors (Lipinski definition) is 1. The van der Waals surface area contributed by atoms with Gasteiger partial charge in [-0.2, -0.15) is 0 Å². The van der Waals surface area contributed by atoms with Crippen molar-refractivity contribution in [3.05, 3.63) is 57.5 Å². The lowest BCUT2D eigenvalue weighted by Crippen LogP contribution is -2.13. The number of rotatable bonds is 2. The summed E-state index contributed by atoms with van der Waals surface area (Å²) < 4.78 is 5.67. The van der Waals surface area contributed by atoms with Crippen molar-refractivity contribution in [3.8, 4) is 0 Å². The minimum atomic E-state index is -0.110. The topological polar surface area (TPSA) is 39.2 Å². The van der Waals surface area contributed by atoms with Crippen LogP contribution >= 0.6 is 0 Å². The maximum Gasteiger partial charge on any atom is 0.106 e. The summed E-state index contributed by atoms with van der Waals surface area (Å²) in [6.45, 7) is 10.2. The normalized spacial score (nSPS) is 12.8. The van der Waals surface area contributed by atoms with Crippen LogP contribution in [0.4, 0.5) is 0 Å². The molecule has 1 heterocycles. The Morgan fingerprint density at radius 3 is 1.89 bits per heavy atom. The van der Waals surface area contributed by atoms with Crippen molar-refractivity contribution in [1.82, 2.24) is 0 Å². The van der Waals surface area contributed by atoms with Gasteiger partial charge in [0.1, 0.15) is 11.5 Å². The SMILES string of the molecule is Cc1cc(C)cc(C(N)c2c(C)oc(C)c2C)c1. The van der Waals surface area contributed by atoms with E-state index < -0.39 is 0 Å². The molecule has 0 aliphatic carbocycles. The molecule has 1 aromatic carbocycles. The maximum absolute atomic E-state index is 6.41. The molecule has 2 heteroatoms. The van der Waals surface area contributed by atoms with Crippen LogP contribution in [0.3, 0.4) is 0 Å². The van der Waals surface area contributed by atoms with Gasteiger partial charge in [0, 0.05) is 5.56 Å². The van der Waals surface area contributed by atoms with E-state index in [1.807, 2.05) is 13.8 Å². The Morgan fingerprint density at radius 2 is 1.44 bits per heavy atom. The molecule has 0 aliphatic rings. The highest BCUT2D eigenvalue weighted by Crippen LogP contribution is 2.30. The Kier molecular flexibility index (Phi) is 3.31. The van der Waals surface area contributed by atoms with E-state index in [1.54, 1.807) is 0 Å². The van der Waals surface area contributed by atoms with Crippen molar-refractivity contribution < 1.29 is 4.42 Å². The molecule has 0 saturated heterocycles. The van der Waals surface area contributed by atoms with Gasteiger partial charge in [0.2, 0.25) is 0 Å². The van der Waals surface area contributed by atoms with Crippen molar-refractivity contribution in [2.24, 2.45) is 5.73 Å². The van der Waals surface area contributed by atoms with E-state index in [-0.39, 0.29) is 6.04 Å². The van der Waals surface area contributed by atoms with Crippen LogP contribution < -0.4 is 5.73 Å². The molecule has 2 N–H and O–H groups in total. The fraction of sp³-hybridized carbons (Fsp3) is 0.375. The molecule has 0 radical (unpaired) electrons. The van der Waals surface area contributed by atoms with E-state index in [1.165, 1.54) is 16.7 Å². The molecule has 2 nitrogen and oxygen atoms in total. The van der Waals surface area contributed by atoms with Gasteiger partial charge >= 0.3 is 0 Å². The highest BCUT2D eigenvalue weighted by Gasteiger charge is 2.19. The summed E-state index contributed by atoms with van der Waals surface area (Å²) in [5.41, 5.74) is 12.3. The van der Waals surface area contributed by atoms with Crippen LogP contribution in [-0.4, -0.2) is 0 Å². The second-order valence-electron chi connectivity index (χ2n) is 5.15. The molecular weight excluding hydrogens is 222 g/mol. The fourth-order valence-electron chi connectivity index (χ4n) is 2.62. The van der Waals surface area contributed by atoms with Gasteiger partial charge in [-0.3, -0.25) is 0 Å². The average molecular weight is 243 g/mol. The van der Waals surface area contributed by atoms with Crippen LogP contribution in [0.15, 0.2) is 22.6 Å². The van der Waals surface area contributed by atoms with Gasteiger partial charge in [-0.1, -0.05) is 29.3 Å². The fourth-order valence-corrected chi connectivity index (χ4v) is 2.62. The van der Waals surface area contributed by atoms with Gasteiger partial charge in [0.15, 0.2) is 0 Å². The Labute approximate surface area is 109 Å². The van der Waals surface area contributed by atoms with Crippen LogP contribution in [0.5, 0.6) is 0 Å². The van der Waals surface area contributed by atoms with Gasteiger partial charge in [-0.15, -0.1) is 0 Å². The molecule has 1 aromatic heterocycles. The van der Waals surface area contributed by atoms with E-state index in [4.69, 9.17) is 10.2 Å². The van der Waals surface area contributed by atoms with Crippen LogP contribution in [0.1, 0.15) is 45.4 Å². The lowest BCUT2D eigenvalue weighted by atomic mass is 9.94.